The molecule has 3 nitrogen and oxygen atoms in total. The van der Waals surface area contributed by atoms with E-state index in [0.717, 1.165) is 55.1 Å². The molecule has 4 heteroatoms. The van der Waals surface area contributed by atoms with Crippen LogP contribution in [-0.2, 0) is 6.42 Å². The van der Waals surface area contributed by atoms with Crippen molar-refractivity contribution in [2.45, 2.75) is 6.42 Å². The first kappa shape index (κ1) is 31.4. The Morgan fingerprint density at radius 3 is 1.40 bits per heavy atom. The lowest BCUT2D eigenvalue weighted by molar-refractivity contribution is 0.668. The molecule has 0 aliphatic heterocycles. The highest BCUT2D eigenvalue weighted by molar-refractivity contribution is 9.10. The predicted octanol–water partition coefficient (Wildman–Crippen LogP) is 14.3. The Kier molecular flexibility index (Phi) is 7.70. The largest absolute Gasteiger partial charge is 0.456 e. The molecule has 0 spiro atoms. The summed E-state index contributed by atoms with van der Waals surface area (Å²) in [6.07, 6.45) is 1.10. The maximum Gasteiger partial charge on any atom is 0.135 e. The number of benzene rings is 8. The molecule has 11 aromatic rings. The van der Waals surface area contributed by atoms with Crippen LogP contribution in [0.1, 0.15) is 11.1 Å². The first-order valence-electron chi connectivity index (χ1n) is 17.8. The van der Waals surface area contributed by atoms with E-state index < -0.39 is 0 Å². The van der Waals surface area contributed by atoms with Crippen LogP contribution in [0.4, 0.5) is 0 Å². The van der Waals surface area contributed by atoms with Gasteiger partial charge in [-0.15, -0.1) is 0 Å². The summed E-state index contributed by atoms with van der Waals surface area (Å²) >= 11 is 3.46. The normalized spacial score (nSPS) is 11.8. The van der Waals surface area contributed by atoms with E-state index in [0.29, 0.717) is 0 Å². The summed E-state index contributed by atoms with van der Waals surface area (Å²) in [7, 11) is 0. The second-order valence-corrected chi connectivity index (χ2v) is 14.3. The minimum atomic E-state index is 0.927. The summed E-state index contributed by atoms with van der Waals surface area (Å²) < 4.78 is 15.1. The van der Waals surface area contributed by atoms with Crippen LogP contribution in [-0.4, -0.2) is 4.57 Å². The van der Waals surface area contributed by atoms with E-state index in [1.165, 1.54) is 49.4 Å². The van der Waals surface area contributed by atoms with Crippen LogP contribution in [0.15, 0.2) is 195 Å². The van der Waals surface area contributed by atoms with Gasteiger partial charge in [0.25, 0.3) is 0 Å². The SMILES string of the molecule is Brc1ccc2oc3ccccc3c2c1.c1ccc2c(c1)Cc1ccccc1-2.c1ccc2c(c1)oc1ccc(-n3c4ccccc4c4ccccc43)cc12. The fourth-order valence-electron chi connectivity index (χ4n) is 7.83. The molecule has 3 aromatic heterocycles. The zero-order valence-corrected chi connectivity index (χ0v) is 30.3. The molecule has 0 radical (unpaired) electrons. The summed E-state index contributed by atoms with van der Waals surface area (Å²) in [5.74, 6) is 0. The fraction of sp³-hybridized carbons (Fsp3) is 0.0204. The fourth-order valence-corrected chi connectivity index (χ4v) is 8.19. The summed E-state index contributed by atoms with van der Waals surface area (Å²) in [5, 5.41) is 7.20. The van der Waals surface area contributed by atoms with Crippen LogP contribution in [0.5, 0.6) is 0 Å². The van der Waals surface area contributed by atoms with Crippen LogP contribution >= 0.6 is 15.9 Å². The van der Waals surface area contributed by atoms with E-state index in [-0.39, 0.29) is 0 Å². The molecule has 0 saturated heterocycles. The molecule has 1 aliphatic carbocycles. The average molecular weight is 747 g/mol. The Balaban J connectivity index is 0.000000109. The lowest BCUT2D eigenvalue weighted by Crippen LogP contribution is -1.93. The van der Waals surface area contributed by atoms with Crippen molar-refractivity contribution in [3.8, 4) is 16.8 Å². The minimum absolute atomic E-state index is 0.927. The van der Waals surface area contributed by atoms with E-state index >= 15 is 0 Å². The monoisotopic (exact) mass is 745 g/mol. The molecule has 1 aliphatic rings. The van der Waals surface area contributed by atoms with Crippen molar-refractivity contribution in [1.29, 1.82) is 0 Å². The first-order valence-corrected chi connectivity index (χ1v) is 18.6. The van der Waals surface area contributed by atoms with Gasteiger partial charge in [-0.2, -0.15) is 0 Å². The maximum absolute atomic E-state index is 5.99. The van der Waals surface area contributed by atoms with Crippen LogP contribution in [0.2, 0.25) is 0 Å². The van der Waals surface area contributed by atoms with Gasteiger partial charge in [0.05, 0.1) is 11.0 Å². The molecule has 0 N–H and O–H groups in total. The van der Waals surface area contributed by atoms with Gasteiger partial charge in [-0.1, -0.05) is 137 Å². The van der Waals surface area contributed by atoms with Crippen molar-refractivity contribution in [1.82, 2.24) is 4.57 Å². The van der Waals surface area contributed by atoms with Crippen molar-refractivity contribution >= 4 is 81.6 Å². The van der Waals surface area contributed by atoms with E-state index in [1.807, 2.05) is 42.5 Å². The number of nitrogens with zero attached hydrogens (tertiary/aromatic N) is 1. The lowest BCUT2D eigenvalue weighted by Gasteiger charge is -2.07. The number of aromatic nitrogens is 1. The third-order valence-electron chi connectivity index (χ3n) is 10.2. The Morgan fingerprint density at radius 2 is 0.811 bits per heavy atom. The van der Waals surface area contributed by atoms with E-state index in [2.05, 4.69) is 160 Å². The average Bonchev–Trinajstić information content (AvgIpc) is 3.97. The van der Waals surface area contributed by atoms with E-state index in [4.69, 9.17) is 8.83 Å². The molecule has 0 saturated carbocycles. The topological polar surface area (TPSA) is 31.2 Å². The Labute approximate surface area is 314 Å². The van der Waals surface area contributed by atoms with Gasteiger partial charge >= 0.3 is 0 Å². The van der Waals surface area contributed by atoms with Crippen LogP contribution in [0.3, 0.4) is 0 Å². The third kappa shape index (κ3) is 5.51. The molecule has 0 bridgehead atoms. The Bertz CT molecular complexity index is 3030. The van der Waals surface area contributed by atoms with Crippen molar-refractivity contribution in [2.75, 3.05) is 0 Å². The second-order valence-electron chi connectivity index (χ2n) is 13.4. The third-order valence-corrected chi connectivity index (χ3v) is 10.7. The molecule has 252 valence electrons. The highest BCUT2D eigenvalue weighted by Gasteiger charge is 2.16. The lowest BCUT2D eigenvalue weighted by atomic mass is 10.1. The number of rotatable bonds is 1. The zero-order valence-electron chi connectivity index (χ0n) is 28.7. The van der Waals surface area contributed by atoms with Gasteiger partial charge in [-0.3, -0.25) is 0 Å². The van der Waals surface area contributed by atoms with Gasteiger partial charge in [0.1, 0.15) is 22.3 Å². The quantitative estimate of drug-likeness (QED) is 0.167. The van der Waals surface area contributed by atoms with Gasteiger partial charge in [0.2, 0.25) is 0 Å². The summed E-state index contributed by atoms with van der Waals surface area (Å²) in [5.41, 5.74) is 13.1. The molecular weight excluding hydrogens is 714 g/mol. The highest BCUT2D eigenvalue weighted by Crippen LogP contribution is 2.37. The number of halogens is 1. The second kappa shape index (κ2) is 13.0. The molecule has 0 amide bonds. The number of hydrogen-bond acceptors (Lipinski definition) is 2. The van der Waals surface area contributed by atoms with Crippen LogP contribution in [0, 0.1) is 0 Å². The number of furan rings is 2. The zero-order chi connectivity index (χ0) is 35.3. The number of para-hydroxylation sites is 4. The molecule has 12 rings (SSSR count). The van der Waals surface area contributed by atoms with Gasteiger partial charge in [-0.05, 0) is 89.3 Å². The van der Waals surface area contributed by atoms with Crippen molar-refractivity contribution in [2.24, 2.45) is 0 Å². The summed E-state index contributed by atoms with van der Waals surface area (Å²) in [4.78, 5) is 0. The molecule has 8 aromatic carbocycles. The standard InChI is InChI=1S/C24H15NO.C13H10.C12H7BrO/c1-4-10-21-17(7-1)18-8-2-5-11-22(18)25(21)16-13-14-24-20(15-16)19-9-3-6-12-23(19)26-24;1-3-7-12-10(5-1)9-11-6-2-4-8-13(11)12;13-8-5-6-12-10(7-8)9-3-1-2-4-11(9)14-12/h1-15H;1-8H,9H2;1-7H. The Morgan fingerprint density at radius 1 is 0.377 bits per heavy atom. The first-order chi connectivity index (χ1) is 26.2. The molecule has 0 unspecified atom stereocenters. The van der Waals surface area contributed by atoms with Crippen molar-refractivity contribution in [3.63, 3.8) is 0 Å². The number of fused-ring (bicyclic) bond motifs is 12. The van der Waals surface area contributed by atoms with Crippen molar-refractivity contribution < 1.29 is 8.83 Å². The minimum Gasteiger partial charge on any atom is -0.456 e. The Hall–Kier alpha value is -6.36. The molecular formula is C49H32BrNO2. The molecule has 3 heterocycles. The maximum atomic E-state index is 5.99. The van der Waals surface area contributed by atoms with Gasteiger partial charge in [-0.25, -0.2) is 0 Å². The molecule has 0 fully saturated rings. The van der Waals surface area contributed by atoms with Crippen molar-refractivity contribution in [3.05, 3.63) is 198 Å². The molecule has 0 atom stereocenters. The van der Waals surface area contributed by atoms with E-state index in [1.54, 1.807) is 0 Å². The van der Waals surface area contributed by atoms with Gasteiger partial charge < -0.3 is 13.4 Å². The highest BCUT2D eigenvalue weighted by atomic mass is 79.9. The van der Waals surface area contributed by atoms with Crippen LogP contribution in [0.25, 0.3) is 82.5 Å². The summed E-state index contributed by atoms with van der Waals surface area (Å²) in [6.45, 7) is 0. The smallest absolute Gasteiger partial charge is 0.135 e. The van der Waals surface area contributed by atoms with E-state index in [9.17, 15) is 0 Å². The van der Waals surface area contributed by atoms with Gasteiger partial charge in [0, 0.05) is 42.5 Å². The molecule has 53 heavy (non-hydrogen) atoms. The van der Waals surface area contributed by atoms with Crippen LogP contribution < -0.4 is 0 Å². The number of hydrogen-bond donors (Lipinski definition) is 0. The van der Waals surface area contributed by atoms with Gasteiger partial charge in [0.15, 0.2) is 0 Å². The predicted molar refractivity (Wildman–Crippen MR) is 224 cm³/mol. The summed E-state index contributed by atoms with van der Waals surface area (Å²) in [6, 6.07) is 63.3.